The molecule has 0 unspecified atom stereocenters. The Balaban J connectivity index is 1.31. The minimum atomic E-state index is -0.0751. The smallest absolute Gasteiger partial charge is 0.266 e. The fraction of sp³-hybridized carbons (Fsp3) is 0.350. The molecule has 28 heavy (non-hydrogen) atoms. The van der Waals surface area contributed by atoms with Crippen LogP contribution in [0.1, 0.15) is 5.69 Å². The largest absolute Gasteiger partial charge is 0.299 e. The van der Waals surface area contributed by atoms with Crippen molar-refractivity contribution in [2.24, 2.45) is 0 Å². The third-order valence-electron chi connectivity index (χ3n) is 4.93. The Morgan fingerprint density at radius 2 is 1.71 bits per heavy atom. The van der Waals surface area contributed by atoms with Gasteiger partial charge in [-0.25, -0.2) is 4.68 Å². The van der Waals surface area contributed by atoms with Crippen molar-refractivity contribution in [2.75, 3.05) is 32.7 Å². The van der Waals surface area contributed by atoms with Gasteiger partial charge in [0.2, 0.25) is 0 Å². The standard InChI is InChI=1S/C20H23N7O/c28-20-6-5-19(17-3-1-7-21-15-17)24-27(20)14-13-25-9-11-26(12-10-25)16-18-4-2-8-22-23-18/h1-8,15H,9-14,16H2. The molecule has 0 radical (unpaired) electrons. The monoisotopic (exact) mass is 377 g/mol. The molecule has 1 aliphatic rings. The summed E-state index contributed by atoms with van der Waals surface area (Å²) in [4.78, 5) is 21.1. The minimum Gasteiger partial charge on any atom is -0.299 e. The quantitative estimate of drug-likeness (QED) is 0.632. The van der Waals surface area contributed by atoms with Crippen molar-refractivity contribution in [3.8, 4) is 11.3 Å². The molecule has 0 bridgehead atoms. The predicted octanol–water partition coefficient (Wildman–Crippen LogP) is 0.913. The highest BCUT2D eigenvalue weighted by Gasteiger charge is 2.17. The second kappa shape index (κ2) is 8.81. The van der Waals surface area contributed by atoms with Gasteiger partial charge in [0, 0.05) is 69.5 Å². The lowest BCUT2D eigenvalue weighted by Gasteiger charge is -2.34. The second-order valence-corrected chi connectivity index (χ2v) is 6.85. The minimum absolute atomic E-state index is 0.0751. The highest BCUT2D eigenvalue weighted by molar-refractivity contribution is 5.56. The average molecular weight is 377 g/mol. The number of hydrogen-bond acceptors (Lipinski definition) is 7. The van der Waals surface area contributed by atoms with Crippen LogP contribution in [0, 0.1) is 0 Å². The molecule has 0 atom stereocenters. The molecule has 0 N–H and O–H groups in total. The number of nitrogens with zero attached hydrogens (tertiary/aromatic N) is 7. The molecule has 144 valence electrons. The summed E-state index contributed by atoms with van der Waals surface area (Å²) in [5, 5.41) is 12.6. The molecule has 3 aromatic rings. The van der Waals surface area contributed by atoms with Crippen LogP contribution in [0.5, 0.6) is 0 Å². The normalized spacial score (nSPS) is 15.6. The van der Waals surface area contributed by atoms with Crippen LogP contribution >= 0.6 is 0 Å². The fourth-order valence-electron chi connectivity index (χ4n) is 3.33. The lowest BCUT2D eigenvalue weighted by Crippen LogP contribution is -2.47. The van der Waals surface area contributed by atoms with Gasteiger partial charge in [-0.3, -0.25) is 19.6 Å². The zero-order chi connectivity index (χ0) is 19.2. The molecule has 0 aliphatic carbocycles. The van der Waals surface area contributed by atoms with E-state index in [0.29, 0.717) is 6.54 Å². The third kappa shape index (κ3) is 4.65. The van der Waals surface area contributed by atoms with Crippen molar-refractivity contribution < 1.29 is 0 Å². The lowest BCUT2D eigenvalue weighted by atomic mass is 10.2. The molecule has 1 fully saturated rings. The van der Waals surface area contributed by atoms with Gasteiger partial charge in [0.1, 0.15) is 0 Å². The van der Waals surface area contributed by atoms with E-state index in [1.54, 1.807) is 35.4 Å². The van der Waals surface area contributed by atoms with Crippen LogP contribution in [0.25, 0.3) is 11.3 Å². The first-order valence-electron chi connectivity index (χ1n) is 9.48. The van der Waals surface area contributed by atoms with E-state index >= 15 is 0 Å². The Morgan fingerprint density at radius 3 is 2.46 bits per heavy atom. The lowest BCUT2D eigenvalue weighted by molar-refractivity contribution is 0.121. The van der Waals surface area contributed by atoms with E-state index in [-0.39, 0.29) is 5.56 Å². The van der Waals surface area contributed by atoms with Crippen LogP contribution in [0.4, 0.5) is 0 Å². The van der Waals surface area contributed by atoms with Crippen LogP contribution in [-0.4, -0.2) is 67.5 Å². The maximum Gasteiger partial charge on any atom is 0.266 e. The SMILES string of the molecule is O=c1ccc(-c2cccnc2)nn1CCN1CCN(Cc2cccnn2)CC1. The number of piperazine rings is 1. The van der Waals surface area contributed by atoms with Gasteiger partial charge in [-0.1, -0.05) is 0 Å². The number of rotatable bonds is 6. The van der Waals surface area contributed by atoms with Gasteiger partial charge < -0.3 is 0 Å². The molecule has 1 saturated heterocycles. The van der Waals surface area contributed by atoms with Crippen LogP contribution in [0.3, 0.4) is 0 Å². The number of pyridine rings is 1. The summed E-state index contributed by atoms with van der Waals surface area (Å²) in [5.41, 5.74) is 2.60. The van der Waals surface area contributed by atoms with E-state index < -0.39 is 0 Å². The fourth-order valence-corrected chi connectivity index (χ4v) is 3.33. The van der Waals surface area contributed by atoms with Gasteiger partial charge in [0.05, 0.1) is 17.9 Å². The highest BCUT2D eigenvalue weighted by Crippen LogP contribution is 2.12. The van der Waals surface area contributed by atoms with E-state index in [1.165, 1.54) is 0 Å². The van der Waals surface area contributed by atoms with E-state index in [4.69, 9.17) is 0 Å². The van der Waals surface area contributed by atoms with Crippen molar-refractivity contribution in [3.05, 3.63) is 71.0 Å². The molecule has 8 nitrogen and oxygen atoms in total. The van der Waals surface area contributed by atoms with E-state index in [2.05, 4.69) is 30.1 Å². The summed E-state index contributed by atoms with van der Waals surface area (Å²) >= 11 is 0. The van der Waals surface area contributed by atoms with Crippen LogP contribution in [0.2, 0.25) is 0 Å². The van der Waals surface area contributed by atoms with Crippen molar-refractivity contribution in [1.29, 1.82) is 0 Å². The van der Waals surface area contributed by atoms with Gasteiger partial charge in [0.15, 0.2) is 0 Å². The van der Waals surface area contributed by atoms with Crippen LogP contribution in [0.15, 0.2) is 59.8 Å². The van der Waals surface area contributed by atoms with Crippen LogP contribution in [-0.2, 0) is 13.1 Å². The first-order chi connectivity index (χ1) is 13.8. The molecule has 4 heterocycles. The first kappa shape index (κ1) is 18.4. The molecule has 0 saturated carbocycles. The molecular weight excluding hydrogens is 354 g/mol. The molecule has 0 amide bonds. The van der Waals surface area contributed by atoms with Gasteiger partial charge in [-0.15, -0.1) is 0 Å². The topological polar surface area (TPSA) is 80.0 Å². The molecule has 3 aromatic heterocycles. The molecule has 8 heteroatoms. The van der Waals surface area contributed by atoms with E-state index in [1.807, 2.05) is 24.3 Å². The van der Waals surface area contributed by atoms with Gasteiger partial charge in [-0.2, -0.15) is 15.3 Å². The molecule has 1 aliphatic heterocycles. The molecule has 0 aromatic carbocycles. The average Bonchev–Trinajstić information content (AvgIpc) is 2.75. The summed E-state index contributed by atoms with van der Waals surface area (Å²) in [6.45, 7) is 6.12. The van der Waals surface area contributed by atoms with Crippen molar-refractivity contribution >= 4 is 0 Å². The predicted molar refractivity (Wildman–Crippen MR) is 105 cm³/mol. The highest BCUT2D eigenvalue weighted by atomic mass is 16.1. The third-order valence-corrected chi connectivity index (χ3v) is 4.93. The maximum absolute atomic E-state index is 12.2. The van der Waals surface area contributed by atoms with E-state index in [0.717, 1.165) is 56.2 Å². The summed E-state index contributed by atoms with van der Waals surface area (Å²) in [5.74, 6) is 0. The van der Waals surface area contributed by atoms with Gasteiger partial charge in [-0.05, 0) is 30.3 Å². The molecule has 4 rings (SSSR count). The van der Waals surface area contributed by atoms with Crippen molar-refractivity contribution in [1.82, 2.24) is 34.8 Å². The van der Waals surface area contributed by atoms with Gasteiger partial charge in [0.25, 0.3) is 5.56 Å². The maximum atomic E-state index is 12.2. The summed E-state index contributed by atoms with van der Waals surface area (Å²) in [7, 11) is 0. The molecular formula is C20H23N7O. The van der Waals surface area contributed by atoms with Crippen LogP contribution < -0.4 is 5.56 Å². The second-order valence-electron chi connectivity index (χ2n) is 6.85. The van der Waals surface area contributed by atoms with E-state index in [9.17, 15) is 4.79 Å². The number of hydrogen-bond donors (Lipinski definition) is 0. The Labute approximate surface area is 163 Å². The number of aromatic nitrogens is 5. The summed E-state index contributed by atoms with van der Waals surface area (Å²) < 4.78 is 1.55. The molecule has 0 spiro atoms. The Hall–Kier alpha value is -2.97. The zero-order valence-corrected chi connectivity index (χ0v) is 15.7. The summed E-state index contributed by atoms with van der Waals surface area (Å²) in [6, 6.07) is 11.1. The van der Waals surface area contributed by atoms with Crippen molar-refractivity contribution in [3.63, 3.8) is 0 Å². The Bertz CT molecular complexity index is 938. The van der Waals surface area contributed by atoms with Crippen molar-refractivity contribution in [2.45, 2.75) is 13.1 Å². The first-order valence-corrected chi connectivity index (χ1v) is 9.48. The zero-order valence-electron chi connectivity index (χ0n) is 15.7. The van der Waals surface area contributed by atoms with Gasteiger partial charge >= 0.3 is 0 Å². The Kier molecular flexibility index (Phi) is 5.79. The Morgan fingerprint density at radius 1 is 0.893 bits per heavy atom. The summed E-state index contributed by atoms with van der Waals surface area (Å²) in [6.07, 6.45) is 5.18.